The fourth-order valence-corrected chi connectivity index (χ4v) is 2.64. The molecule has 1 aromatic carbocycles. The molecule has 2 N–H and O–H groups in total. The number of anilines is 1. The molecule has 0 saturated carbocycles. The molecule has 1 heterocycles. The van der Waals surface area contributed by atoms with E-state index in [0.29, 0.717) is 0 Å². The number of aryl methyl sites for hydroxylation is 1. The first-order valence-electron chi connectivity index (χ1n) is 6.72. The molecular weight excluding hydrogens is 234 g/mol. The Morgan fingerprint density at radius 1 is 1.16 bits per heavy atom. The zero-order chi connectivity index (χ0) is 14.2. The van der Waals surface area contributed by atoms with Crippen LogP contribution in [0, 0.1) is 6.92 Å². The maximum Gasteiger partial charge on any atom is 0.127 e. The third-order valence-corrected chi connectivity index (χ3v) is 3.49. The molecule has 2 rings (SSSR count). The van der Waals surface area contributed by atoms with E-state index in [0.717, 1.165) is 17.3 Å². The summed E-state index contributed by atoms with van der Waals surface area (Å²) in [5.41, 5.74) is 8.50. The van der Waals surface area contributed by atoms with Crippen molar-refractivity contribution in [2.75, 3.05) is 5.73 Å². The number of imidazole rings is 1. The summed E-state index contributed by atoms with van der Waals surface area (Å²) in [4.78, 5) is 4.69. The predicted octanol–water partition coefficient (Wildman–Crippen LogP) is 3.68. The van der Waals surface area contributed by atoms with E-state index in [-0.39, 0.29) is 11.5 Å². The van der Waals surface area contributed by atoms with E-state index in [1.165, 1.54) is 5.56 Å². The van der Waals surface area contributed by atoms with E-state index in [1.807, 2.05) is 13.0 Å². The Labute approximate surface area is 115 Å². The first kappa shape index (κ1) is 13.7. The highest BCUT2D eigenvalue weighted by Gasteiger charge is 2.24. The molecule has 1 aromatic heterocycles. The van der Waals surface area contributed by atoms with Crippen molar-refractivity contribution in [1.82, 2.24) is 9.55 Å². The predicted molar refractivity (Wildman–Crippen MR) is 80.3 cm³/mol. The van der Waals surface area contributed by atoms with Gasteiger partial charge in [0.2, 0.25) is 0 Å². The summed E-state index contributed by atoms with van der Waals surface area (Å²) in [5.74, 6) is 1.97. The molecule has 3 heteroatoms. The topological polar surface area (TPSA) is 43.8 Å². The average molecular weight is 257 g/mol. The van der Waals surface area contributed by atoms with Crippen LogP contribution in [0.3, 0.4) is 0 Å². The van der Waals surface area contributed by atoms with Gasteiger partial charge in [0.25, 0.3) is 0 Å². The summed E-state index contributed by atoms with van der Waals surface area (Å²) < 4.78 is 2.11. The molecule has 0 saturated heterocycles. The number of nitrogens with two attached hydrogens (primary N) is 1. The number of aromatic nitrogens is 2. The minimum Gasteiger partial charge on any atom is -0.384 e. The van der Waals surface area contributed by atoms with Crippen LogP contribution in [0.2, 0.25) is 0 Å². The second-order valence-corrected chi connectivity index (χ2v) is 6.07. The SMILES string of the molecule is Cc1nc(C(C)c2ccccc2)c(N)n1C(C)(C)C. The molecule has 0 aliphatic heterocycles. The lowest BCUT2D eigenvalue weighted by molar-refractivity contribution is 0.393. The number of hydrogen-bond acceptors (Lipinski definition) is 2. The minimum absolute atomic E-state index is 0.0458. The van der Waals surface area contributed by atoms with Crippen LogP contribution in [0.25, 0.3) is 0 Å². The summed E-state index contributed by atoms with van der Waals surface area (Å²) in [6.07, 6.45) is 0. The van der Waals surface area contributed by atoms with Gasteiger partial charge in [0.05, 0.1) is 5.69 Å². The fourth-order valence-electron chi connectivity index (χ4n) is 2.64. The van der Waals surface area contributed by atoms with Crippen LogP contribution < -0.4 is 5.73 Å². The van der Waals surface area contributed by atoms with Gasteiger partial charge in [-0.25, -0.2) is 4.98 Å². The van der Waals surface area contributed by atoms with E-state index in [1.54, 1.807) is 0 Å². The Hall–Kier alpha value is -1.77. The molecule has 0 amide bonds. The molecule has 0 fully saturated rings. The Morgan fingerprint density at radius 3 is 2.21 bits per heavy atom. The van der Waals surface area contributed by atoms with Crippen LogP contribution in [0.5, 0.6) is 0 Å². The van der Waals surface area contributed by atoms with Crippen LogP contribution in [-0.2, 0) is 5.54 Å². The van der Waals surface area contributed by atoms with E-state index in [4.69, 9.17) is 10.7 Å². The van der Waals surface area contributed by atoms with Crippen molar-refractivity contribution in [1.29, 1.82) is 0 Å². The van der Waals surface area contributed by atoms with Crippen molar-refractivity contribution in [2.24, 2.45) is 0 Å². The molecule has 2 aromatic rings. The highest BCUT2D eigenvalue weighted by atomic mass is 15.2. The highest BCUT2D eigenvalue weighted by Crippen LogP contribution is 2.32. The lowest BCUT2D eigenvalue weighted by atomic mass is 9.97. The van der Waals surface area contributed by atoms with Crippen LogP contribution >= 0.6 is 0 Å². The molecule has 0 bridgehead atoms. The third kappa shape index (κ3) is 2.50. The molecule has 102 valence electrons. The van der Waals surface area contributed by atoms with Crippen molar-refractivity contribution in [3.05, 3.63) is 47.4 Å². The van der Waals surface area contributed by atoms with Gasteiger partial charge in [-0.2, -0.15) is 0 Å². The van der Waals surface area contributed by atoms with E-state index in [9.17, 15) is 0 Å². The minimum atomic E-state index is -0.0458. The lowest BCUT2D eigenvalue weighted by Crippen LogP contribution is -2.24. The van der Waals surface area contributed by atoms with Crippen molar-refractivity contribution in [2.45, 2.75) is 46.1 Å². The molecule has 0 aliphatic carbocycles. The van der Waals surface area contributed by atoms with Gasteiger partial charge >= 0.3 is 0 Å². The van der Waals surface area contributed by atoms with Crippen LogP contribution in [-0.4, -0.2) is 9.55 Å². The molecule has 0 spiro atoms. The second-order valence-electron chi connectivity index (χ2n) is 6.07. The largest absolute Gasteiger partial charge is 0.384 e. The molecule has 1 unspecified atom stereocenters. The van der Waals surface area contributed by atoms with Gasteiger partial charge in [-0.05, 0) is 33.3 Å². The standard InChI is InChI=1S/C16H23N3/c1-11(13-9-7-6-8-10-13)14-15(17)19(12(2)18-14)16(3,4)5/h6-11H,17H2,1-5H3. The molecule has 3 nitrogen and oxygen atoms in total. The monoisotopic (exact) mass is 257 g/mol. The van der Waals surface area contributed by atoms with Crippen LogP contribution in [0.15, 0.2) is 30.3 Å². The van der Waals surface area contributed by atoms with Crippen LogP contribution in [0.1, 0.15) is 50.7 Å². The van der Waals surface area contributed by atoms with E-state index < -0.39 is 0 Å². The Kier molecular flexibility index (Phi) is 3.40. The van der Waals surface area contributed by atoms with Gasteiger partial charge in [0, 0.05) is 11.5 Å². The maximum absolute atomic E-state index is 6.33. The zero-order valence-electron chi connectivity index (χ0n) is 12.4. The molecule has 0 aliphatic rings. The van der Waals surface area contributed by atoms with Gasteiger partial charge in [0.15, 0.2) is 0 Å². The number of hydrogen-bond donors (Lipinski definition) is 1. The fraction of sp³-hybridized carbons (Fsp3) is 0.438. The first-order chi connectivity index (χ1) is 8.82. The summed E-state index contributed by atoms with van der Waals surface area (Å²) in [6.45, 7) is 10.6. The summed E-state index contributed by atoms with van der Waals surface area (Å²) in [5, 5.41) is 0. The van der Waals surface area contributed by atoms with Crippen LogP contribution in [0.4, 0.5) is 5.82 Å². The smallest absolute Gasteiger partial charge is 0.127 e. The van der Waals surface area contributed by atoms with Crippen molar-refractivity contribution >= 4 is 5.82 Å². The quantitative estimate of drug-likeness (QED) is 0.892. The molecule has 19 heavy (non-hydrogen) atoms. The first-order valence-corrected chi connectivity index (χ1v) is 6.72. The second kappa shape index (κ2) is 4.72. The highest BCUT2D eigenvalue weighted by molar-refractivity contribution is 5.45. The summed E-state index contributed by atoms with van der Waals surface area (Å²) in [6, 6.07) is 10.4. The zero-order valence-corrected chi connectivity index (χ0v) is 12.4. The third-order valence-electron chi connectivity index (χ3n) is 3.49. The van der Waals surface area contributed by atoms with E-state index >= 15 is 0 Å². The molecular formula is C16H23N3. The lowest BCUT2D eigenvalue weighted by Gasteiger charge is -2.24. The average Bonchev–Trinajstić information content (AvgIpc) is 2.64. The summed E-state index contributed by atoms with van der Waals surface area (Å²) in [7, 11) is 0. The van der Waals surface area contributed by atoms with Gasteiger partial charge in [-0.15, -0.1) is 0 Å². The van der Waals surface area contributed by atoms with Gasteiger partial charge in [-0.3, -0.25) is 0 Å². The van der Waals surface area contributed by atoms with Crippen molar-refractivity contribution in [3.8, 4) is 0 Å². The van der Waals surface area contributed by atoms with Gasteiger partial charge in [-0.1, -0.05) is 37.3 Å². The molecule has 0 radical (unpaired) electrons. The number of nitrogens with zero attached hydrogens (tertiary/aromatic N) is 2. The van der Waals surface area contributed by atoms with Gasteiger partial charge in [0.1, 0.15) is 11.6 Å². The van der Waals surface area contributed by atoms with Crippen molar-refractivity contribution in [3.63, 3.8) is 0 Å². The Balaban J connectivity index is 2.48. The Morgan fingerprint density at radius 2 is 1.74 bits per heavy atom. The number of nitrogen functional groups attached to an aromatic ring is 1. The number of rotatable bonds is 2. The number of benzene rings is 1. The maximum atomic E-state index is 6.33. The molecule has 1 atom stereocenters. The van der Waals surface area contributed by atoms with E-state index in [2.05, 4.69) is 56.5 Å². The van der Waals surface area contributed by atoms with Crippen molar-refractivity contribution < 1.29 is 0 Å². The summed E-state index contributed by atoms with van der Waals surface area (Å²) >= 11 is 0. The normalized spacial score (nSPS) is 13.5. The van der Waals surface area contributed by atoms with Gasteiger partial charge < -0.3 is 10.3 Å². The Bertz CT molecular complexity index is 562.